The molecule has 21 heavy (non-hydrogen) atoms. The maximum Gasteiger partial charge on any atom is 0.262 e. The van der Waals surface area contributed by atoms with Crippen LogP contribution in [-0.2, 0) is 16.6 Å². The first kappa shape index (κ1) is 15.4. The van der Waals surface area contributed by atoms with Gasteiger partial charge in [-0.1, -0.05) is 0 Å². The Bertz CT molecular complexity index is 759. The molecule has 0 atom stereocenters. The molecule has 112 valence electrons. The van der Waals surface area contributed by atoms with Gasteiger partial charge >= 0.3 is 0 Å². The van der Waals surface area contributed by atoms with Crippen molar-refractivity contribution >= 4 is 15.7 Å². The van der Waals surface area contributed by atoms with E-state index in [1.807, 2.05) is 0 Å². The highest BCUT2D eigenvalue weighted by Gasteiger charge is 2.20. The Morgan fingerprint density at radius 1 is 1.29 bits per heavy atom. The number of nitrogens with two attached hydrogens (primary N) is 1. The van der Waals surface area contributed by atoms with Gasteiger partial charge in [-0.15, -0.1) is 0 Å². The van der Waals surface area contributed by atoms with Crippen molar-refractivity contribution in [2.45, 2.75) is 25.3 Å². The number of anilines is 1. The maximum atomic E-state index is 13.8. The molecule has 2 aromatic rings. The third kappa shape index (κ3) is 3.37. The van der Waals surface area contributed by atoms with Gasteiger partial charge in [-0.2, -0.15) is 0 Å². The Balaban J connectivity index is 2.44. The summed E-state index contributed by atoms with van der Waals surface area (Å²) >= 11 is 0. The van der Waals surface area contributed by atoms with Gasteiger partial charge in [-0.25, -0.2) is 12.8 Å². The molecule has 0 aliphatic rings. The molecule has 0 unspecified atom stereocenters. The lowest BCUT2D eigenvalue weighted by Crippen LogP contribution is -2.16. The van der Waals surface area contributed by atoms with Crippen molar-refractivity contribution in [3.63, 3.8) is 0 Å². The quantitative estimate of drug-likeness (QED) is 0.905. The van der Waals surface area contributed by atoms with Gasteiger partial charge in [-0.05, 0) is 43.7 Å². The number of hydrogen-bond donors (Lipinski definition) is 2. The van der Waals surface area contributed by atoms with Crippen molar-refractivity contribution in [3.8, 4) is 0 Å². The van der Waals surface area contributed by atoms with E-state index in [0.717, 1.165) is 5.69 Å². The van der Waals surface area contributed by atoms with Gasteiger partial charge < -0.3 is 5.73 Å². The van der Waals surface area contributed by atoms with Crippen molar-refractivity contribution in [3.05, 3.63) is 53.1 Å². The predicted octanol–water partition coefficient (Wildman–Crippen LogP) is 2.10. The van der Waals surface area contributed by atoms with E-state index in [1.54, 1.807) is 19.1 Å². The van der Waals surface area contributed by atoms with Crippen LogP contribution in [0.4, 0.5) is 10.1 Å². The second-order valence-electron chi connectivity index (χ2n) is 4.70. The van der Waals surface area contributed by atoms with E-state index in [2.05, 4.69) is 9.71 Å². The molecule has 0 spiro atoms. The lowest BCUT2D eigenvalue weighted by Gasteiger charge is -2.12. The summed E-state index contributed by atoms with van der Waals surface area (Å²) in [6.07, 6.45) is 1.41. The molecule has 0 fully saturated rings. The fraction of sp³-hybridized carbons (Fsp3) is 0.214. The third-order valence-corrected chi connectivity index (χ3v) is 4.55. The summed E-state index contributed by atoms with van der Waals surface area (Å²) < 4.78 is 40.9. The van der Waals surface area contributed by atoms with Crippen LogP contribution in [-0.4, -0.2) is 13.4 Å². The smallest absolute Gasteiger partial charge is 0.262 e. The molecular formula is C14H16FN3O2S. The molecule has 7 heteroatoms. The van der Waals surface area contributed by atoms with Gasteiger partial charge in [0.2, 0.25) is 0 Å². The van der Waals surface area contributed by atoms with Crippen LogP contribution in [0.15, 0.2) is 35.4 Å². The second kappa shape index (κ2) is 5.79. The number of nitrogens with one attached hydrogen (secondary N) is 1. The lowest BCUT2D eigenvalue weighted by molar-refractivity contribution is 0.589. The van der Waals surface area contributed by atoms with Crippen LogP contribution in [0.2, 0.25) is 0 Å². The highest BCUT2D eigenvalue weighted by Crippen LogP contribution is 2.23. The summed E-state index contributed by atoms with van der Waals surface area (Å²) in [6.45, 7) is 3.27. The minimum absolute atomic E-state index is 0.0553. The lowest BCUT2D eigenvalue weighted by atomic mass is 10.1. The van der Waals surface area contributed by atoms with Gasteiger partial charge in [0, 0.05) is 17.8 Å². The number of benzene rings is 1. The number of halogens is 1. The van der Waals surface area contributed by atoms with E-state index in [0.29, 0.717) is 11.3 Å². The SMILES string of the molecule is Cc1ccc(NS(=O)(=O)c2cc(CN)cc(F)c2C)cn1. The molecular weight excluding hydrogens is 293 g/mol. The fourth-order valence-electron chi connectivity index (χ4n) is 1.84. The molecule has 0 amide bonds. The number of sulfonamides is 1. The first-order valence-corrected chi connectivity index (χ1v) is 7.76. The molecule has 0 aliphatic heterocycles. The molecule has 3 N–H and O–H groups in total. The minimum Gasteiger partial charge on any atom is -0.326 e. The summed E-state index contributed by atoms with van der Waals surface area (Å²) in [6, 6.07) is 5.89. The molecule has 0 saturated heterocycles. The molecule has 0 saturated carbocycles. The highest BCUT2D eigenvalue weighted by atomic mass is 32.2. The van der Waals surface area contributed by atoms with Crippen molar-refractivity contribution in [1.82, 2.24) is 4.98 Å². The van der Waals surface area contributed by atoms with Crippen LogP contribution >= 0.6 is 0 Å². The third-order valence-electron chi connectivity index (χ3n) is 3.05. The molecule has 2 rings (SSSR count). The van der Waals surface area contributed by atoms with Crippen LogP contribution in [0.3, 0.4) is 0 Å². The van der Waals surface area contributed by atoms with Gasteiger partial charge in [-0.3, -0.25) is 9.71 Å². The summed E-state index contributed by atoms with van der Waals surface area (Å²) in [7, 11) is -3.90. The summed E-state index contributed by atoms with van der Waals surface area (Å²) in [5.74, 6) is -0.597. The van der Waals surface area contributed by atoms with Gasteiger partial charge in [0.25, 0.3) is 10.0 Å². The zero-order chi connectivity index (χ0) is 15.6. The Morgan fingerprint density at radius 2 is 2.00 bits per heavy atom. The molecule has 1 heterocycles. The van der Waals surface area contributed by atoms with Crippen LogP contribution < -0.4 is 10.5 Å². The van der Waals surface area contributed by atoms with E-state index in [-0.39, 0.29) is 17.0 Å². The summed E-state index contributed by atoms with van der Waals surface area (Å²) in [4.78, 5) is 3.89. The van der Waals surface area contributed by atoms with Crippen LogP contribution in [0.25, 0.3) is 0 Å². The van der Waals surface area contributed by atoms with E-state index in [4.69, 9.17) is 5.73 Å². The van der Waals surface area contributed by atoms with Crippen molar-refractivity contribution in [2.75, 3.05) is 4.72 Å². The fourth-order valence-corrected chi connectivity index (χ4v) is 3.19. The Hall–Kier alpha value is -1.99. The summed E-state index contributed by atoms with van der Waals surface area (Å²) in [5, 5.41) is 0. The largest absolute Gasteiger partial charge is 0.326 e. The average molecular weight is 309 g/mol. The number of nitrogens with zero attached hydrogens (tertiary/aromatic N) is 1. The monoisotopic (exact) mass is 309 g/mol. The first-order valence-electron chi connectivity index (χ1n) is 6.28. The zero-order valence-corrected chi connectivity index (χ0v) is 12.5. The number of aryl methyl sites for hydroxylation is 1. The molecule has 0 bridgehead atoms. The topological polar surface area (TPSA) is 85.1 Å². The number of pyridine rings is 1. The van der Waals surface area contributed by atoms with Crippen LogP contribution in [0.5, 0.6) is 0 Å². The second-order valence-corrected chi connectivity index (χ2v) is 6.35. The highest BCUT2D eigenvalue weighted by molar-refractivity contribution is 7.92. The molecule has 1 aromatic heterocycles. The van der Waals surface area contributed by atoms with Crippen molar-refractivity contribution in [1.29, 1.82) is 0 Å². The number of hydrogen-bond acceptors (Lipinski definition) is 4. The Labute approximate surface area is 123 Å². The van der Waals surface area contributed by atoms with Gasteiger partial charge in [0.05, 0.1) is 16.8 Å². The van der Waals surface area contributed by atoms with E-state index < -0.39 is 15.8 Å². The molecule has 0 radical (unpaired) electrons. The van der Waals surface area contributed by atoms with E-state index in [1.165, 1.54) is 25.3 Å². The Morgan fingerprint density at radius 3 is 2.57 bits per heavy atom. The normalized spacial score (nSPS) is 11.4. The number of aromatic nitrogens is 1. The minimum atomic E-state index is -3.90. The van der Waals surface area contributed by atoms with E-state index >= 15 is 0 Å². The first-order chi connectivity index (χ1) is 9.83. The summed E-state index contributed by atoms with van der Waals surface area (Å²) in [5.41, 5.74) is 7.02. The zero-order valence-electron chi connectivity index (χ0n) is 11.7. The van der Waals surface area contributed by atoms with Crippen LogP contribution in [0, 0.1) is 19.7 Å². The molecule has 0 aliphatic carbocycles. The predicted molar refractivity (Wildman–Crippen MR) is 78.8 cm³/mol. The van der Waals surface area contributed by atoms with Gasteiger partial charge in [0.15, 0.2) is 0 Å². The Kier molecular flexibility index (Phi) is 4.24. The number of rotatable bonds is 4. The van der Waals surface area contributed by atoms with Crippen molar-refractivity contribution in [2.24, 2.45) is 5.73 Å². The molecule has 1 aromatic carbocycles. The van der Waals surface area contributed by atoms with Gasteiger partial charge in [0.1, 0.15) is 5.82 Å². The maximum absolute atomic E-state index is 13.8. The van der Waals surface area contributed by atoms with E-state index in [9.17, 15) is 12.8 Å². The van der Waals surface area contributed by atoms with Crippen molar-refractivity contribution < 1.29 is 12.8 Å². The van der Waals surface area contributed by atoms with Crippen LogP contribution in [0.1, 0.15) is 16.8 Å². The molecule has 5 nitrogen and oxygen atoms in total. The standard InChI is InChI=1S/C14H16FN3O2S/c1-9-3-4-12(8-17-9)18-21(19,20)14-6-11(7-16)5-13(15)10(14)2/h3-6,8,18H,7,16H2,1-2H3. The average Bonchev–Trinajstić information content (AvgIpc) is 2.43.